The van der Waals surface area contributed by atoms with Crippen molar-refractivity contribution in [2.24, 2.45) is 10.7 Å². The molecule has 4 nitrogen and oxygen atoms in total. The fourth-order valence-electron chi connectivity index (χ4n) is 0.719. The third kappa shape index (κ3) is 2.87. The lowest BCUT2D eigenvalue weighted by Crippen LogP contribution is -2.31. The summed E-state index contributed by atoms with van der Waals surface area (Å²) < 4.78 is 0. The van der Waals surface area contributed by atoms with Crippen molar-refractivity contribution in [3.8, 4) is 0 Å². The summed E-state index contributed by atoms with van der Waals surface area (Å²) in [5, 5.41) is 4.87. The Morgan fingerprint density at radius 3 is 3.25 bits per heavy atom. The maximum atomic E-state index is 5.52. The van der Waals surface area contributed by atoms with Gasteiger partial charge in [-0.2, -0.15) is 0 Å². The number of rotatable bonds is 3. The predicted molar refractivity (Wildman–Crippen MR) is 51.1 cm³/mol. The lowest BCUT2D eigenvalue weighted by atomic mass is 10.5. The summed E-state index contributed by atoms with van der Waals surface area (Å²) in [4.78, 5) is 8.16. The monoisotopic (exact) mass is 184 g/mol. The number of hydrogen-bond donors (Lipinski definition) is 2. The van der Waals surface area contributed by atoms with Gasteiger partial charge >= 0.3 is 0 Å². The van der Waals surface area contributed by atoms with Crippen molar-refractivity contribution in [3.63, 3.8) is 0 Å². The van der Waals surface area contributed by atoms with Crippen LogP contribution < -0.4 is 11.1 Å². The highest BCUT2D eigenvalue weighted by molar-refractivity contribution is 7.07. The van der Waals surface area contributed by atoms with Gasteiger partial charge in [-0.3, -0.25) is 0 Å². The molecule has 1 rings (SSSR count). The van der Waals surface area contributed by atoms with E-state index in [2.05, 4.69) is 15.3 Å². The quantitative estimate of drug-likeness (QED) is 0.533. The summed E-state index contributed by atoms with van der Waals surface area (Å²) in [6, 6.07) is 0. The van der Waals surface area contributed by atoms with Crippen LogP contribution in [0.3, 0.4) is 0 Å². The molecule has 1 heterocycles. The zero-order valence-electron chi connectivity index (χ0n) is 6.95. The third-order valence-electron chi connectivity index (χ3n) is 1.25. The van der Waals surface area contributed by atoms with Gasteiger partial charge in [-0.1, -0.05) is 0 Å². The summed E-state index contributed by atoms with van der Waals surface area (Å²) in [5.74, 6) is 0.477. The van der Waals surface area contributed by atoms with Gasteiger partial charge in [0.2, 0.25) is 0 Å². The lowest BCUT2D eigenvalue weighted by molar-refractivity contribution is 0.915. The van der Waals surface area contributed by atoms with E-state index < -0.39 is 0 Å². The minimum atomic E-state index is 0.477. The Morgan fingerprint density at radius 1 is 1.83 bits per heavy atom. The molecule has 1 aromatic heterocycles. The van der Waals surface area contributed by atoms with Crippen LogP contribution in [0.15, 0.2) is 15.9 Å². The normalized spacial score (nSPS) is 11.6. The van der Waals surface area contributed by atoms with E-state index in [1.165, 1.54) is 0 Å². The number of nitrogens with two attached hydrogens (primary N) is 1. The van der Waals surface area contributed by atoms with Crippen LogP contribution in [0.5, 0.6) is 0 Å². The molecule has 0 radical (unpaired) electrons. The lowest BCUT2D eigenvalue weighted by Gasteiger charge is -1.99. The zero-order valence-corrected chi connectivity index (χ0v) is 7.77. The van der Waals surface area contributed by atoms with E-state index >= 15 is 0 Å². The van der Waals surface area contributed by atoms with Crippen LogP contribution in [-0.4, -0.2) is 17.5 Å². The van der Waals surface area contributed by atoms with Crippen molar-refractivity contribution in [1.82, 2.24) is 10.3 Å². The standard InChI is InChI=1S/C7H12N4S/c1-2-9-7(8)10-3-6-4-12-5-11-6/h4-5H,2-3H2,1H3,(H3,8,9,10). The van der Waals surface area contributed by atoms with Gasteiger partial charge in [-0.25, -0.2) is 9.98 Å². The molecule has 0 aliphatic rings. The molecular weight excluding hydrogens is 172 g/mol. The van der Waals surface area contributed by atoms with Gasteiger partial charge in [0.15, 0.2) is 5.96 Å². The van der Waals surface area contributed by atoms with E-state index in [0.29, 0.717) is 12.5 Å². The first-order chi connectivity index (χ1) is 5.83. The van der Waals surface area contributed by atoms with Gasteiger partial charge in [0.05, 0.1) is 17.7 Å². The molecule has 1 aromatic rings. The maximum Gasteiger partial charge on any atom is 0.188 e. The number of nitrogens with one attached hydrogen (secondary N) is 1. The van der Waals surface area contributed by atoms with Gasteiger partial charge in [-0.05, 0) is 6.92 Å². The molecule has 0 spiro atoms. The van der Waals surface area contributed by atoms with Crippen LogP contribution in [0.1, 0.15) is 12.6 Å². The maximum absolute atomic E-state index is 5.52. The highest BCUT2D eigenvalue weighted by atomic mass is 32.1. The Kier molecular flexibility index (Phi) is 3.53. The average Bonchev–Trinajstić information content (AvgIpc) is 2.53. The Hall–Kier alpha value is -1.10. The summed E-state index contributed by atoms with van der Waals surface area (Å²) >= 11 is 1.56. The van der Waals surface area contributed by atoms with Crippen LogP contribution in [0.2, 0.25) is 0 Å². The molecule has 0 aliphatic carbocycles. The van der Waals surface area contributed by atoms with Gasteiger partial charge in [-0.15, -0.1) is 11.3 Å². The second-order valence-corrected chi connectivity index (χ2v) is 2.93. The van der Waals surface area contributed by atoms with Crippen LogP contribution in [0.25, 0.3) is 0 Å². The Bertz CT molecular complexity index is 242. The molecule has 0 saturated carbocycles. The van der Waals surface area contributed by atoms with Gasteiger partial charge in [0.1, 0.15) is 0 Å². The first kappa shape index (κ1) is 8.99. The SMILES string of the molecule is CCNC(N)=NCc1cscn1. The minimum absolute atomic E-state index is 0.477. The first-order valence-electron chi connectivity index (χ1n) is 3.73. The number of aromatic nitrogens is 1. The molecule has 0 aromatic carbocycles. The van der Waals surface area contributed by atoms with Crippen LogP contribution in [-0.2, 0) is 6.54 Å². The summed E-state index contributed by atoms with van der Waals surface area (Å²) in [5.41, 5.74) is 8.26. The van der Waals surface area contributed by atoms with Crippen molar-refractivity contribution in [2.75, 3.05) is 6.54 Å². The van der Waals surface area contributed by atoms with Crippen molar-refractivity contribution in [3.05, 3.63) is 16.6 Å². The van der Waals surface area contributed by atoms with Gasteiger partial charge in [0.25, 0.3) is 0 Å². The van der Waals surface area contributed by atoms with E-state index in [1.54, 1.807) is 16.8 Å². The van der Waals surface area contributed by atoms with E-state index in [9.17, 15) is 0 Å². The fraction of sp³-hybridized carbons (Fsp3) is 0.429. The Morgan fingerprint density at radius 2 is 2.67 bits per heavy atom. The van der Waals surface area contributed by atoms with Gasteiger partial charge < -0.3 is 11.1 Å². The third-order valence-corrected chi connectivity index (χ3v) is 1.89. The summed E-state index contributed by atoms with van der Waals surface area (Å²) in [6.07, 6.45) is 0. The van der Waals surface area contributed by atoms with E-state index in [-0.39, 0.29) is 0 Å². The molecule has 0 atom stereocenters. The van der Waals surface area contributed by atoms with Crippen molar-refractivity contribution in [2.45, 2.75) is 13.5 Å². The van der Waals surface area contributed by atoms with E-state index in [0.717, 1.165) is 12.2 Å². The predicted octanol–water partition coefficient (Wildman–Crippen LogP) is 0.567. The molecule has 0 saturated heterocycles. The highest BCUT2D eigenvalue weighted by Crippen LogP contribution is 2.01. The van der Waals surface area contributed by atoms with Crippen molar-refractivity contribution >= 4 is 17.3 Å². The van der Waals surface area contributed by atoms with Crippen LogP contribution >= 0.6 is 11.3 Å². The van der Waals surface area contributed by atoms with E-state index in [1.807, 2.05) is 12.3 Å². The number of nitrogens with zero attached hydrogens (tertiary/aromatic N) is 2. The summed E-state index contributed by atoms with van der Waals surface area (Å²) in [7, 11) is 0. The van der Waals surface area contributed by atoms with E-state index in [4.69, 9.17) is 5.73 Å². The Labute approximate surface area is 75.5 Å². The molecule has 3 N–H and O–H groups in total. The minimum Gasteiger partial charge on any atom is -0.370 e. The fourth-order valence-corrected chi connectivity index (χ4v) is 1.27. The van der Waals surface area contributed by atoms with Gasteiger partial charge in [0, 0.05) is 11.9 Å². The molecule has 0 aliphatic heterocycles. The zero-order chi connectivity index (χ0) is 8.81. The number of thiazole rings is 1. The second-order valence-electron chi connectivity index (χ2n) is 2.21. The van der Waals surface area contributed by atoms with Crippen molar-refractivity contribution < 1.29 is 0 Å². The average molecular weight is 184 g/mol. The van der Waals surface area contributed by atoms with Crippen LogP contribution in [0.4, 0.5) is 0 Å². The molecule has 12 heavy (non-hydrogen) atoms. The first-order valence-corrected chi connectivity index (χ1v) is 4.68. The molecule has 0 fully saturated rings. The molecule has 0 unspecified atom stereocenters. The molecule has 0 bridgehead atoms. The molecule has 66 valence electrons. The molecular formula is C7H12N4S. The number of aliphatic imine (C=N–C) groups is 1. The van der Waals surface area contributed by atoms with Crippen molar-refractivity contribution in [1.29, 1.82) is 0 Å². The molecule has 5 heteroatoms. The Balaban J connectivity index is 2.38. The highest BCUT2D eigenvalue weighted by Gasteiger charge is 1.92. The second kappa shape index (κ2) is 4.71. The number of hydrogen-bond acceptors (Lipinski definition) is 3. The van der Waals surface area contributed by atoms with Crippen LogP contribution in [0, 0.1) is 0 Å². The smallest absolute Gasteiger partial charge is 0.188 e. The largest absolute Gasteiger partial charge is 0.370 e. The topological polar surface area (TPSA) is 63.3 Å². The number of guanidine groups is 1. The summed E-state index contributed by atoms with van der Waals surface area (Å²) in [6.45, 7) is 3.33. The molecule has 0 amide bonds.